The number of hydrogen-bond acceptors (Lipinski definition) is 1. The normalized spacial score (nSPS) is 23.6. The Bertz CT molecular complexity index is 494. The first-order chi connectivity index (χ1) is 9.30. The van der Waals surface area contributed by atoms with E-state index >= 15 is 0 Å². The smallest absolute Gasteiger partial charge is 0.167 e. The molecular weight excluding hydrogens is 291 g/mol. The SMILES string of the molecule is CC(C)(C)C1CCC(C(=O)c2cccc(Cl)c2Cl)CC1. The molecule has 1 fully saturated rings. The molecule has 0 atom stereocenters. The summed E-state index contributed by atoms with van der Waals surface area (Å²) in [5.74, 6) is 0.968. The standard InChI is InChI=1S/C17H22Cl2O/c1-17(2,3)12-9-7-11(8-10-12)16(20)13-5-4-6-14(18)15(13)19/h4-6,11-12H,7-10H2,1-3H3. The third-order valence-corrected chi connectivity index (χ3v) is 5.36. The Morgan fingerprint density at radius 2 is 1.70 bits per heavy atom. The maximum atomic E-state index is 12.6. The summed E-state index contributed by atoms with van der Waals surface area (Å²) in [5, 5.41) is 0.859. The van der Waals surface area contributed by atoms with Gasteiger partial charge in [0, 0.05) is 11.5 Å². The van der Waals surface area contributed by atoms with Crippen LogP contribution in [0.4, 0.5) is 0 Å². The van der Waals surface area contributed by atoms with Crippen LogP contribution in [0.2, 0.25) is 10.0 Å². The van der Waals surface area contributed by atoms with Crippen molar-refractivity contribution in [2.75, 3.05) is 0 Å². The monoisotopic (exact) mass is 312 g/mol. The van der Waals surface area contributed by atoms with Crippen molar-refractivity contribution in [2.45, 2.75) is 46.5 Å². The van der Waals surface area contributed by atoms with Gasteiger partial charge in [0.25, 0.3) is 0 Å². The summed E-state index contributed by atoms with van der Waals surface area (Å²) in [5.41, 5.74) is 0.917. The van der Waals surface area contributed by atoms with Crippen molar-refractivity contribution in [3.63, 3.8) is 0 Å². The lowest BCUT2D eigenvalue weighted by Gasteiger charge is -2.36. The van der Waals surface area contributed by atoms with E-state index < -0.39 is 0 Å². The first kappa shape index (κ1) is 15.9. The lowest BCUT2D eigenvalue weighted by molar-refractivity contribution is 0.0819. The Hall–Kier alpha value is -0.530. The molecule has 2 rings (SSSR count). The molecule has 0 heterocycles. The van der Waals surface area contributed by atoms with Crippen molar-refractivity contribution in [3.05, 3.63) is 33.8 Å². The fourth-order valence-electron chi connectivity index (χ4n) is 3.14. The van der Waals surface area contributed by atoms with Crippen LogP contribution in [0, 0.1) is 17.3 Å². The summed E-state index contributed by atoms with van der Waals surface area (Å²) in [6.07, 6.45) is 4.17. The third-order valence-electron chi connectivity index (χ3n) is 4.54. The van der Waals surface area contributed by atoms with E-state index in [1.807, 2.05) is 0 Å². The summed E-state index contributed by atoms with van der Waals surface area (Å²) in [6, 6.07) is 5.30. The zero-order valence-corrected chi connectivity index (χ0v) is 13.9. The fourth-order valence-corrected chi connectivity index (χ4v) is 3.53. The summed E-state index contributed by atoms with van der Waals surface area (Å²) >= 11 is 12.2. The van der Waals surface area contributed by atoms with Crippen LogP contribution in [-0.4, -0.2) is 5.78 Å². The number of carbonyl (C=O) groups is 1. The number of halogens is 2. The molecule has 0 amide bonds. The number of rotatable bonds is 2. The molecule has 1 aliphatic carbocycles. The third kappa shape index (κ3) is 3.38. The van der Waals surface area contributed by atoms with E-state index in [1.165, 1.54) is 0 Å². The van der Waals surface area contributed by atoms with E-state index in [4.69, 9.17) is 23.2 Å². The van der Waals surface area contributed by atoms with Crippen molar-refractivity contribution < 1.29 is 4.79 Å². The van der Waals surface area contributed by atoms with Crippen LogP contribution < -0.4 is 0 Å². The molecule has 1 aliphatic rings. The topological polar surface area (TPSA) is 17.1 Å². The molecule has 1 aromatic carbocycles. The van der Waals surface area contributed by atoms with Crippen molar-refractivity contribution in [2.24, 2.45) is 17.3 Å². The highest BCUT2D eigenvalue weighted by Gasteiger charge is 2.33. The zero-order chi connectivity index (χ0) is 14.9. The van der Waals surface area contributed by atoms with Gasteiger partial charge in [0.05, 0.1) is 10.0 Å². The van der Waals surface area contributed by atoms with Gasteiger partial charge in [-0.25, -0.2) is 0 Å². The van der Waals surface area contributed by atoms with E-state index in [-0.39, 0.29) is 11.7 Å². The molecule has 0 unspecified atom stereocenters. The van der Waals surface area contributed by atoms with Crippen molar-refractivity contribution in [1.29, 1.82) is 0 Å². The second-order valence-corrected chi connectivity index (χ2v) is 7.67. The van der Waals surface area contributed by atoms with E-state index in [2.05, 4.69) is 20.8 Å². The van der Waals surface area contributed by atoms with Crippen molar-refractivity contribution in [3.8, 4) is 0 Å². The van der Waals surface area contributed by atoms with Gasteiger partial charge in [0.2, 0.25) is 0 Å². The van der Waals surface area contributed by atoms with Crippen LogP contribution in [0.5, 0.6) is 0 Å². The second-order valence-electron chi connectivity index (χ2n) is 6.88. The minimum Gasteiger partial charge on any atom is -0.294 e. The summed E-state index contributed by atoms with van der Waals surface area (Å²) in [7, 11) is 0. The average molecular weight is 313 g/mol. The highest BCUT2D eigenvalue weighted by atomic mass is 35.5. The van der Waals surface area contributed by atoms with Gasteiger partial charge in [-0.3, -0.25) is 4.79 Å². The lowest BCUT2D eigenvalue weighted by Crippen LogP contribution is -2.29. The number of ketones is 1. The minimum atomic E-state index is 0.101. The number of Topliss-reactive ketones (excluding diaryl/α,β-unsaturated/α-hetero) is 1. The van der Waals surface area contributed by atoms with Gasteiger partial charge in [-0.05, 0) is 49.1 Å². The molecule has 20 heavy (non-hydrogen) atoms. The van der Waals surface area contributed by atoms with Gasteiger partial charge >= 0.3 is 0 Å². The molecule has 0 bridgehead atoms. The maximum Gasteiger partial charge on any atom is 0.167 e. The highest BCUT2D eigenvalue weighted by Crippen LogP contribution is 2.41. The van der Waals surface area contributed by atoms with Crippen molar-refractivity contribution >= 4 is 29.0 Å². The second kappa shape index (κ2) is 6.07. The molecule has 0 spiro atoms. The Morgan fingerprint density at radius 3 is 2.25 bits per heavy atom. The molecule has 1 saturated carbocycles. The van der Waals surface area contributed by atoms with Gasteiger partial charge in [-0.2, -0.15) is 0 Å². The summed E-state index contributed by atoms with van der Waals surface area (Å²) in [6.45, 7) is 6.86. The van der Waals surface area contributed by atoms with Crippen LogP contribution in [0.3, 0.4) is 0 Å². The van der Waals surface area contributed by atoms with E-state index in [9.17, 15) is 4.79 Å². The molecular formula is C17H22Cl2O. The van der Waals surface area contributed by atoms with Crippen molar-refractivity contribution in [1.82, 2.24) is 0 Å². The van der Waals surface area contributed by atoms with Gasteiger partial charge in [-0.15, -0.1) is 0 Å². The zero-order valence-electron chi connectivity index (χ0n) is 12.4. The first-order valence-electron chi connectivity index (χ1n) is 7.29. The molecule has 1 nitrogen and oxygen atoms in total. The van der Waals surface area contributed by atoms with Crippen LogP contribution in [-0.2, 0) is 0 Å². The lowest BCUT2D eigenvalue weighted by atomic mass is 9.69. The van der Waals surface area contributed by atoms with E-state index in [1.54, 1.807) is 18.2 Å². The van der Waals surface area contributed by atoms with Crippen LogP contribution in [0.25, 0.3) is 0 Å². The minimum absolute atomic E-state index is 0.101. The Labute approximate surface area is 131 Å². The van der Waals surface area contributed by atoms with E-state index in [0.29, 0.717) is 26.9 Å². The van der Waals surface area contributed by atoms with Crippen LogP contribution in [0.1, 0.15) is 56.8 Å². The maximum absolute atomic E-state index is 12.6. The fraction of sp³-hybridized carbons (Fsp3) is 0.588. The van der Waals surface area contributed by atoms with Gasteiger partial charge < -0.3 is 0 Å². The Morgan fingerprint density at radius 1 is 1.10 bits per heavy atom. The van der Waals surface area contributed by atoms with Gasteiger partial charge in [0.15, 0.2) is 5.78 Å². The molecule has 0 radical (unpaired) electrons. The number of hydrogen-bond donors (Lipinski definition) is 0. The summed E-state index contributed by atoms with van der Waals surface area (Å²) in [4.78, 5) is 12.6. The molecule has 110 valence electrons. The van der Waals surface area contributed by atoms with E-state index in [0.717, 1.165) is 25.7 Å². The highest BCUT2D eigenvalue weighted by molar-refractivity contribution is 6.43. The molecule has 3 heteroatoms. The average Bonchev–Trinajstić information content (AvgIpc) is 2.40. The van der Waals surface area contributed by atoms with Crippen LogP contribution >= 0.6 is 23.2 Å². The van der Waals surface area contributed by atoms with Crippen LogP contribution in [0.15, 0.2) is 18.2 Å². The molecule has 0 N–H and O–H groups in total. The molecule has 0 aliphatic heterocycles. The molecule has 0 saturated heterocycles. The van der Waals surface area contributed by atoms with Gasteiger partial charge in [0.1, 0.15) is 0 Å². The molecule has 0 aromatic heterocycles. The van der Waals surface area contributed by atoms with Gasteiger partial charge in [-0.1, -0.05) is 50.0 Å². The predicted molar refractivity (Wildman–Crippen MR) is 85.7 cm³/mol. The quantitative estimate of drug-likeness (QED) is 0.609. The predicted octanol–water partition coefficient (Wildman–Crippen LogP) is 6.03. The number of benzene rings is 1. The summed E-state index contributed by atoms with van der Waals surface area (Å²) < 4.78 is 0. The molecule has 1 aromatic rings. The first-order valence-corrected chi connectivity index (χ1v) is 8.04. The largest absolute Gasteiger partial charge is 0.294 e. The number of carbonyl (C=O) groups excluding carboxylic acids is 1. The Kier molecular flexibility index (Phi) is 4.81. The Balaban J connectivity index is 2.07.